The topological polar surface area (TPSA) is 67.3 Å². The number of amides is 1. The van der Waals surface area contributed by atoms with Crippen LogP contribution in [0, 0.1) is 6.92 Å². The first kappa shape index (κ1) is 19.4. The molecular weight excluding hydrogens is 352 g/mol. The SMILES string of the molecule is CCOc1ccccc1NC(=O)c1ccc(N(CC)c2cccc(C)c2)nn1. The van der Waals surface area contributed by atoms with E-state index in [1.807, 2.05) is 48.2 Å². The maximum atomic E-state index is 12.6. The van der Waals surface area contributed by atoms with Crippen LogP contribution in [0.1, 0.15) is 29.9 Å². The number of para-hydroxylation sites is 2. The van der Waals surface area contributed by atoms with Crippen LogP contribution in [0.3, 0.4) is 0 Å². The molecule has 28 heavy (non-hydrogen) atoms. The van der Waals surface area contributed by atoms with Gasteiger partial charge in [-0.1, -0.05) is 24.3 Å². The van der Waals surface area contributed by atoms with E-state index in [9.17, 15) is 4.79 Å². The van der Waals surface area contributed by atoms with Gasteiger partial charge < -0.3 is 15.0 Å². The Kier molecular flexibility index (Phi) is 6.22. The fourth-order valence-electron chi connectivity index (χ4n) is 2.90. The fourth-order valence-corrected chi connectivity index (χ4v) is 2.90. The van der Waals surface area contributed by atoms with E-state index in [1.165, 1.54) is 5.56 Å². The van der Waals surface area contributed by atoms with Crippen LogP contribution >= 0.6 is 0 Å². The van der Waals surface area contributed by atoms with Crippen molar-refractivity contribution in [2.45, 2.75) is 20.8 Å². The fraction of sp³-hybridized carbons (Fsp3) is 0.227. The summed E-state index contributed by atoms with van der Waals surface area (Å²) in [5.74, 6) is 0.990. The zero-order chi connectivity index (χ0) is 19.9. The summed E-state index contributed by atoms with van der Waals surface area (Å²) in [7, 11) is 0. The van der Waals surface area contributed by atoms with Gasteiger partial charge in [-0.2, -0.15) is 0 Å². The average Bonchev–Trinajstić information content (AvgIpc) is 2.71. The Balaban J connectivity index is 1.77. The predicted octanol–water partition coefficient (Wildman–Crippen LogP) is 4.59. The molecule has 0 fully saturated rings. The smallest absolute Gasteiger partial charge is 0.276 e. The molecule has 0 atom stereocenters. The Morgan fingerprint density at radius 2 is 1.86 bits per heavy atom. The van der Waals surface area contributed by atoms with Gasteiger partial charge in [0.2, 0.25) is 0 Å². The van der Waals surface area contributed by atoms with Crippen molar-refractivity contribution in [3.8, 4) is 5.75 Å². The van der Waals surface area contributed by atoms with E-state index >= 15 is 0 Å². The molecule has 1 N–H and O–H groups in total. The largest absolute Gasteiger partial charge is 0.492 e. The van der Waals surface area contributed by atoms with Crippen molar-refractivity contribution in [2.24, 2.45) is 0 Å². The van der Waals surface area contributed by atoms with Crippen molar-refractivity contribution < 1.29 is 9.53 Å². The molecule has 0 aliphatic rings. The Labute approximate surface area is 165 Å². The highest BCUT2D eigenvalue weighted by atomic mass is 16.5. The molecule has 0 unspecified atom stereocenters. The van der Waals surface area contributed by atoms with Gasteiger partial charge >= 0.3 is 0 Å². The maximum absolute atomic E-state index is 12.6. The number of nitrogens with zero attached hydrogens (tertiary/aromatic N) is 3. The van der Waals surface area contributed by atoms with Crippen LogP contribution in [0.4, 0.5) is 17.2 Å². The van der Waals surface area contributed by atoms with Crippen LogP contribution in [0.5, 0.6) is 5.75 Å². The lowest BCUT2D eigenvalue weighted by atomic mass is 10.2. The Bertz CT molecular complexity index is 941. The first-order chi connectivity index (χ1) is 13.6. The molecule has 6 heteroatoms. The van der Waals surface area contributed by atoms with Gasteiger partial charge in [-0.3, -0.25) is 4.79 Å². The molecule has 1 heterocycles. The number of nitrogens with one attached hydrogen (secondary N) is 1. The van der Waals surface area contributed by atoms with Gasteiger partial charge in [0.25, 0.3) is 5.91 Å². The molecule has 0 spiro atoms. The van der Waals surface area contributed by atoms with E-state index in [4.69, 9.17) is 4.74 Å². The molecule has 6 nitrogen and oxygen atoms in total. The van der Waals surface area contributed by atoms with Gasteiger partial charge in [0.15, 0.2) is 11.5 Å². The van der Waals surface area contributed by atoms with E-state index in [0.29, 0.717) is 23.9 Å². The number of rotatable bonds is 7. The highest BCUT2D eigenvalue weighted by Crippen LogP contribution is 2.25. The zero-order valence-electron chi connectivity index (χ0n) is 16.3. The molecule has 2 aromatic carbocycles. The highest BCUT2D eigenvalue weighted by Gasteiger charge is 2.14. The quantitative estimate of drug-likeness (QED) is 0.653. The van der Waals surface area contributed by atoms with Crippen molar-refractivity contribution >= 4 is 23.1 Å². The molecule has 0 saturated heterocycles. The minimum absolute atomic E-state index is 0.246. The maximum Gasteiger partial charge on any atom is 0.276 e. The number of carbonyl (C=O) groups is 1. The second-order valence-electron chi connectivity index (χ2n) is 6.24. The van der Waals surface area contributed by atoms with E-state index < -0.39 is 0 Å². The Morgan fingerprint density at radius 3 is 2.54 bits per heavy atom. The van der Waals surface area contributed by atoms with Gasteiger partial charge in [-0.25, -0.2) is 0 Å². The van der Waals surface area contributed by atoms with Crippen LogP contribution in [0.2, 0.25) is 0 Å². The average molecular weight is 376 g/mol. The third-order valence-electron chi connectivity index (χ3n) is 4.22. The standard InChI is InChI=1S/C22H24N4O2/c1-4-26(17-10-8-9-16(3)15-17)21-14-13-19(24-25-21)22(27)23-18-11-6-7-12-20(18)28-5-2/h6-15H,4-5H2,1-3H3,(H,23,27). The molecule has 0 radical (unpaired) electrons. The predicted molar refractivity (Wildman–Crippen MR) is 111 cm³/mol. The van der Waals surface area contributed by atoms with Gasteiger partial charge in [-0.15, -0.1) is 10.2 Å². The van der Waals surface area contributed by atoms with Crippen LogP contribution in [-0.4, -0.2) is 29.3 Å². The summed E-state index contributed by atoms with van der Waals surface area (Å²) in [4.78, 5) is 14.6. The second kappa shape index (κ2) is 8.99. The van der Waals surface area contributed by atoms with Gasteiger partial charge in [0.1, 0.15) is 5.75 Å². The minimum Gasteiger partial charge on any atom is -0.492 e. The second-order valence-corrected chi connectivity index (χ2v) is 6.24. The molecule has 0 aliphatic carbocycles. The summed E-state index contributed by atoms with van der Waals surface area (Å²) in [6, 6.07) is 19.0. The summed E-state index contributed by atoms with van der Waals surface area (Å²) in [5.41, 5.74) is 3.07. The Morgan fingerprint density at radius 1 is 1.04 bits per heavy atom. The van der Waals surface area contributed by atoms with E-state index in [1.54, 1.807) is 12.1 Å². The highest BCUT2D eigenvalue weighted by molar-refractivity contribution is 6.03. The van der Waals surface area contributed by atoms with Crippen LogP contribution in [-0.2, 0) is 0 Å². The van der Waals surface area contributed by atoms with Crippen molar-refractivity contribution in [1.29, 1.82) is 0 Å². The molecule has 0 aliphatic heterocycles. The lowest BCUT2D eigenvalue weighted by molar-refractivity contribution is 0.102. The number of benzene rings is 2. The summed E-state index contributed by atoms with van der Waals surface area (Å²) in [6.45, 7) is 7.26. The first-order valence-corrected chi connectivity index (χ1v) is 9.33. The van der Waals surface area contributed by atoms with Crippen LogP contribution in [0.15, 0.2) is 60.7 Å². The molecule has 1 amide bonds. The number of hydrogen-bond donors (Lipinski definition) is 1. The number of ether oxygens (including phenoxy) is 1. The monoisotopic (exact) mass is 376 g/mol. The van der Waals surface area contributed by atoms with E-state index in [-0.39, 0.29) is 11.6 Å². The minimum atomic E-state index is -0.329. The number of aryl methyl sites for hydroxylation is 1. The number of aromatic nitrogens is 2. The molecule has 3 aromatic rings. The molecule has 3 rings (SSSR count). The number of carbonyl (C=O) groups excluding carboxylic acids is 1. The number of anilines is 3. The Hall–Kier alpha value is -3.41. The summed E-state index contributed by atoms with van der Waals surface area (Å²) >= 11 is 0. The van der Waals surface area contributed by atoms with Gasteiger partial charge in [0, 0.05) is 12.2 Å². The molecule has 1 aromatic heterocycles. The lowest BCUT2D eigenvalue weighted by Crippen LogP contribution is -2.20. The third-order valence-corrected chi connectivity index (χ3v) is 4.22. The van der Waals surface area contributed by atoms with E-state index in [2.05, 4.69) is 41.5 Å². The molecule has 0 bridgehead atoms. The molecule has 0 saturated carbocycles. The van der Waals surface area contributed by atoms with Crippen molar-refractivity contribution in [3.05, 3.63) is 71.9 Å². The normalized spacial score (nSPS) is 10.4. The first-order valence-electron chi connectivity index (χ1n) is 9.33. The van der Waals surface area contributed by atoms with Crippen molar-refractivity contribution in [3.63, 3.8) is 0 Å². The van der Waals surface area contributed by atoms with Crippen LogP contribution < -0.4 is 15.0 Å². The van der Waals surface area contributed by atoms with Crippen molar-refractivity contribution in [2.75, 3.05) is 23.4 Å². The van der Waals surface area contributed by atoms with Crippen LogP contribution in [0.25, 0.3) is 0 Å². The third kappa shape index (κ3) is 4.46. The lowest BCUT2D eigenvalue weighted by Gasteiger charge is -2.22. The zero-order valence-corrected chi connectivity index (χ0v) is 16.3. The summed E-state index contributed by atoms with van der Waals surface area (Å²) in [6.07, 6.45) is 0. The molecule has 144 valence electrons. The van der Waals surface area contributed by atoms with Gasteiger partial charge in [-0.05, 0) is 62.7 Å². The number of hydrogen-bond acceptors (Lipinski definition) is 5. The van der Waals surface area contributed by atoms with Crippen molar-refractivity contribution in [1.82, 2.24) is 10.2 Å². The van der Waals surface area contributed by atoms with E-state index in [0.717, 1.165) is 12.2 Å². The summed E-state index contributed by atoms with van der Waals surface area (Å²) < 4.78 is 5.54. The summed E-state index contributed by atoms with van der Waals surface area (Å²) in [5, 5.41) is 11.2. The van der Waals surface area contributed by atoms with Gasteiger partial charge in [0.05, 0.1) is 12.3 Å². The molecular formula is C22H24N4O2.